The van der Waals surface area contributed by atoms with E-state index in [1.54, 1.807) is 0 Å². The van der Waals surface area contributed by atoms with Crippen LogP contribution < -0.4 is 10.6 Å². The number of hydrogen-bond acceptors (Lipinski definition) is 2. The minimum Gasteiger partial charge on any atom is -0.357 e. The van der Waals surface area contributed by atoms with Gasteiger partial charge in [-0.2, -0.15) is 0 Å². The summed E-state index contributed by atoms with van der Waals surface area (Å²) in [6.45, 7) is 5.71. The third-order valence-electron chi connectivity index (χ3n) is 3.94. The summed E-state index contributed by atoms with van der Waals surface area (Å²) in [5.74, 6) is 1.77. The van der Waals surface area contributed by atoms with E-state index in [1.807, 2.05) is 0 Å². The molecule has 1 aromatic rings. The molecule has 2 rings (SSSR count). The van der Waals surface area contributed by atoms with Gasteiger partial charge in [0.1, 0.15) is 0 Å². The zero-order valence-electron chi connectivity index (χ0n) is 13.5. The number of guanidine groups is 1. The Kier molecular flexibility index (Phi) is 6.11. The molecule has 0 amide bonds. The molecule has 5 nitrogen and oxygen atoms in total. The Morgan fingerprint density at radius 1 is 1.29 bits per heavy atom. The minimum atomic E-state index is 0.574. The van der Waals surface area contributed by atoms with Crippen molar-refractivity contribution in [2.24, 2.45) is 10.9 Å². The summed E-state index contributed by atoms with van der Waals surface area (Å²) in [7, 11) is 4.32. The smallest absolute Gasteiger partial charge is 0.191 e. The van der Waals surface area contributed by atoms with Gasteiger partial charge in [-0.25, -0.2) is 0 Å². The van der Waals surface area contributed by atoms with Gasteiger partial charge in [-0.3, -0.25) is 4.99 Å². The van der Waals surface area contributed by atoms with Crippen LogP contribution in [0.25, 0.3) is 0 Å². The van der Waals surface area contributed by atoms with Crippen LogP contribution >= 0.6 is 0 Å². The highest BCUT2D eigenvalue weighted by Crippen LogP contribution is 2.34. The van der Waals surface area contributed by atoms with Crippen LogP contribution in [0.5, 0.6) is 0 Å². The Morgan fingerprint density at radius 3 is 2.57 bits per heavy atom. The van der Waals surface area contributed by atoms with Gasteiger partial charge < -0.3 is 20.1 Å². The van der Waals surface area contributed by atoms with E-state index in [0.29, 0.717) is 6.04 Å². The van der Waals surface area contributed by atoms with E-state index in [-0.39, 0.29) is 0 Å². The molecule has 0 aliphatic heterocycles. The number of rotatable bonds is 8. The first-order chi connectivity index (χ1) is 10.2. The summed E-state index contributed by atoms with van der Waals surface area (Å²) < 4.78 is 2.17. The van der Waals surface area contributed by atoms with Crippen molar-refractivity contribution >= 4 is 5.96 Å². The molecule has 1 aromatic heterocycles. The van der Waals surface area contributed by atoms with Gasteiger partial charge in [-0.15, -0.1) is 0 Å². The summed E-state index contributed by atoms with van der Waals surface area (Å²) >= 11 is 0. The number of nitrogens with one attached hydrogen (secondary N) is 2. The van der Waals surface area contributed by atoms with Crippen molar-refractivity contribution in [3.05, 3.63) is 24.5 Å². The van der Waals surface area contributed by atoms with Crippen molar-refractivity contribution in [2.75, 3.05) is 33.7 Å². The van der Waals surface area contributed by atoms with Gasteiger partial charge in [0, 0.05) is 38.1 Å². The van der Waals surface area contributed by atoms with Crippen LogP contribution in [0.15, 0.2) is 29.5 Å². The van der Waals surface area contributed by atoms with Crippen LogP contribution in [0.1, 0.15) is 19.8 Å². The highest BCUT2D eigenvalue weighted by atomic mass is 15.2. The molecule has 0 saturated heterocycles. The quantitative estimate of drug-likeness (QED) is 0.562. The maximum Gasteiger partial charge on any atom is 0.191 e. The maximum atomic E-state index is 4.76. The van der Waals surface area contributed by atoms with E-state index in [4.69, 9.17) is 4.99 Å². The summed E-state index contributed by atoms with van der Waals surface area (Å²) in [4.78, 5) is 7.07. The normalized spacial score (nSPS) is 17.0. The molecule has 1 aliphatic carbocycles. The van der Waals surface area contributed by atoms with Crippen molar-refractivity contribution in [1.82, 2.24) is 20.1 Å². The van der Waals surface area contributed by atoms with Crippen molar-refractivity contribution in [1.29, 1.82) is 0 Å². The third kappa shape index (κ3) is 5.42. The van der Waals surface area contributed by atoms with Gasteiger partial charge in [0.25, 0.3) is 0 Å². The average Bonchev–Trinajstić information content (AvgIpc) is 3.14. The second-order valence-corrected chi connectivity index (χ2v) is 5.94. The van der Waals surface area contributed by atoms with Crippen molar-refractivity contribution in [3.63, 3.8) is 0 Å². The lowest BCUT2D eigenvalue weighted by molar-refractivity contribution is 0.271. The summed E-state index contributed by atoms with van der Waals surface area (Å²) in [5, 5.41) is 6.74. The van der Waals surface area contributed by atoms with Crippen LogP contribution in [-0.4, -0.2) is 55.2 Å². The zero-order chi connectivity index (χ0) is 15.1. The first kappa shape index (κ1) is 15.9. The van der Waals surface area contributed by atoms with Crippen LogP contribution in [0.3, 0.4) is 0 Å². The van der Waals surface area contributed by atoms with Gasteiger partial charge in [0.05, 0.1) is 6.54 Å². The van der Waals surface area contributed by atoms with Crippen LogP contribution in [0, 0.1) is 5.92 Å². The highest BCUT2D eigenvalue weighted by molar-refractivity contribution is 5.79. The van der Waals surface area contributed by atoms with Crippen molar-refractivity contribution < 1.29 is 0 Å². The fraction of sp³-hybridized carbons (Fsp3) is 0.688. The molecule has 0 bridgehead atoms. The Balaban J connectivity index is 1.80. The molecule has 0 spiro atoms. The Hall–Kier alpha value is -1.49. The molecule has 21 heavy (non-hydrogen) atoms. The molecular formula is C16H29N5. The van der Waals surface area contributed by atoms with Crippen LogP contribution in [0.2, 0.25) is 0 Å². The Bertz CT molecular complexity index is 418. The zero-order valence-corrected chi connectivity index (χ0v) is 13.5. The molecular weight excluding hydrogens is 262 g/mol. The van der Waals surface area contributed by atoms with Gasteiger partial charge in [0.2, 0.25) is 0 Å². The molecule has 1 saturated carbocycles. The Morgan fingerprint density at radius 2 is 2.00 bits per heavy atom. The summed E-state index contributed by atoms with van der Waals surface area (Å²) in [6.07, 6.45) is 6.88. The topological polar surface area (TPSA) is 44.6 Å². The number of aliphatic imine (C=N–C) groups is 1. The number of aromatic nitrogens is 1. The number of hydrogen-bond donors (Lipinski definition) is 2. The van der Waals surface area contributed by atoms with Crippen LogP contribution in [0.4, 0.5) is 0 Å². The van der Waals surface area contributed by atoms with Gasteiger partial charge >= 0.3 is 0 Å². The van der Waals surface area contributed by atoms with Gasteiger partial charge in [-0.1, -0.05) is 0 Å². The standard InChI is InChI=1S/C16H29N5/c1-4-17-16(18-9-12-21-10-5-6-11-21)19-13-15(20(2)3)14-7-8-14/h5-6,10-11,14-15H,4,7-9,12-13H2,1-3H3,(H2,17,18,19). The molecule has 1 fully saturated rings. The molecule has 1 atom stereocenters. The molecule has 2 N–H and O–H groups in total. The SMILES string of the molecule is CCNC(=NCC(C1CC1)N(C)C)NCCn1cccc1. The molecule has 5 heteroatoms. The lowest BCUT2D eigenvalue weighted by atomic mass is 10.2. The number of likely N-dealkylation sites (N-methyl/N-ethyl adjacent to an activating group) is 1. The molecule has 1 heterocycles. The van der Waals surface area contributed by atoms with Gasteiger partial charge in [-0.05, 0) is 51.9 Å². The average molecular weight is 291 g/mol. The predicted octanol–water partition coefficient (Wildman–Crippen LogP) is 1.38. The Labute approximate surface area is 128 Å². The monoisotopic (exact) mass is 291 g/mol. The van der Waals surface area contributed by atoms with Crippen LogP contribution in [-0.2, 0) is 6.54 Å². The maximum absolute atomic E-state index is 4.76. The lowest BCUT2D eigenvalue weighted by Gasteiger charge is -2.23. The molecule has 1 aliphatic rings. The largest absolute Gasteiger partial charge is 0.357 e. The first-order valence-corrected chi connectivity index (χ1v) is 8.00. The van der Waals surface area contributed by atoms with E-state index in [0.717, 1.165) is 38.1 Å². The molecule has 0 aromatic carbocycles. The predicted molar refractivity (Wildman–Crippen MR) is 88.6 cm³/mol. The third-order valence-corrected chi connectivity index (χ3v) is 3.94. The fourth-order valence-electron chi connectivity index (χ4n) is 2.56. The summed E-state index contributed by atoms with van der Waals surface area (Å²) in [6, 6.07) is 4.68. The molecule has 0 radical (unpaired) electrons. The molecule has 118 valence electrons. The second-order valence-electron chi connectivity index (χ2n) is 5.94. The van der Waals surface area contributed by atoms with E-state index >= 15 is 0 Å². The van der Waals surface area contributed by atoms with E-state index in [9.17, 15) is 0 Å². The van der Waals surface area contributed by atoms with E-state index in [2.05, 4.69) is 65.6 Å². The van der Waals surface area contributed by atoms with Gasteiger partial charge in [0.15, 0.2) is 5.96 Å². The van der Waals surface area contributed by atoms with Crippen molar-refractivity contribution in [2.45, 2.75) is 32.4 Å². The second kappa shape index (κ2) is 8.08. The lowest BCUT2D eigenvalue weighted by Crippen LogP contribution is -2.40. The molecule has 1 unspecified atom stereocenters. The summed E-state index contributed by atoms with van der Waals surface area (Å²) in [5.41, 5.74) is 0. The fourth-order valence-corrected chi connectivity index (χ4v) is 2.56. The number of nitrogens with zero attached hydrogens (tertiary/aromatic N) is 3. The van der Waals surface area contributed by atoms with E-state index < -0.39 is 0 Å². The van der Waals surface area contributed by atoms with Crippen molar-refractivity contribution in [3.8, 4) is 0 Å². The first-order valence-electron chi connectivity index (χ1n) is 8.00. The highest BCUT2D eigenvalue weighted by Gasteiger charge is 2.32. The van der Waals surface area contributed by atoms with E-state index in [1.165, 1.54) is 12.8 Å². The minimum absolute atomic E-state index is 0.574.